The average molecular weight is 262 g/mol. The first-order valence-electron chi connectivity index (χ1n) is 5.09. The Morgan fingerprint density at radius 3 is 3.00 bits per heavy atom. The standard InChI is InChI=1S/C10H12F2N2O2S/c1-5-13-9(17)8(12)3-14(5)10-7(11)2-6(4-15)16-10/h3,6-7,10,15H,1-2,4H2,(H,13,17). The first kappa shape index (κ1) is 12.4. The number of aliphatic hydroxyl groups excluding tert-OH is 1. The molecule has 0 aromatic rings. The highest BCUT2D eigenvalue weighted by Gasteiger charge is 2.40. The molecule has 0 radical (unpaired) electrons. The van der Waals surface area contributed by atoms with Crippen LogP contribution in [0.25, 0.3) is 0 Å². The van der Waals surface area contributed by atoms with Crippen LogP contribution in [0, 0.1) is 0 Å². The maximum atomic E-state index is 13.7. The third kappa shape index (κ3) is 2.31. The minimum atomic E-state index is -1.32. The first-order valence-corrected chi connectivity index (χ1v) is 5.50. The van der Waals surface area contributed by atoms with Crippen LogP contribution in [-0.2, 0) is 4.74 Å². The molecule has 0 spiro atoms. The Hall–Kier alpha value is -1.05. The fourth-order valence-electron chi connectivity index (χ4n) is 1.80. The van der Waals surface area contributed by atoms with Crippen LogP contribution in [0.4, 0.5) is 8.78 Å². The number of hydrogen-bond donors (Lipinski definition) is 2. The number of halogens is 2. The largest absolute Gasteiger partial charge is 0.394 e. The van der Waals surface area contributed by atoms with Crippen LogP contribution in [0.2, 0.25) is 0 Å². The summed E-state index contributed by atoms with van der Waals surface area (Å²) < 4.78 is 32.2. The Morgan fingerprint density at radius 2 is 2.41 bits per heavy atom. The van der Waals surface area contributed by atoms with Gasteiger partial charge in [0.15, 0.2) is 12.1 Å². The highest BCUT2D eigenvalue weighted by atomic mass is 32.1. The van der Waals surface area contributed by atoms with Gasteiger partial charge in [0.1, 0.15) is 17.0 Å². The third-order valence-corrected chi connectivity index (χ3v) is 2.94. The van der Waals surface area contributed by atoms with Crippen molar-refractivity contribution in [2.45, 2.75) is 24.9 Å². The molecule has 94 valence electrons. The summed E-state index contributed by atoms with van der Waals surface area (Å²) >= 11 is 4.69. The van der Waals surface area contributed by atoms with E-state index < -0.39 is 24.3 Å². The fraction of sp³-hybridized carbons (Fsp3) is 0.500. The topological polar surface area (TPSA) is 44.7 Å². The predicted molar refractivity (Wildman–Crippen MR) is 61.2 cm³/mol. The molecule has 2 N–H and O–H groups in total. The van der Waals surface area contributed by atoms with E-state index in [1.54, 1.807) is 0 Å². The van der Waals surface area contributed by atoms with Gasteiger partial charge in [0.05, 0.1) is 12.7 Å². The second-order valence-electron chi connectivity index (χ2n) is 3.87. The van der Waals surface area contributed by atoms with Gasteiger partial charge in [-0.25, -0.2) is 8.78 Å². The summed E-state index contributed by atoms with van der Waals surface area (Å²) in [5.74, 6) is -0.418. The molecule has 0 saturated carbocycles. The number of aliphatic hydroxyl groups is 1. The summed E-state index contributed by atoms with van der Waals surface area (Å²) in [7, 11) is 0. The molecule has 0 bridgehead atoms. The molecule has 1 saturated heterocycles. The molecule has 0 aromatic heterocycles. The molecule has 4 nitrogen and oxygen atoms in total. The van der Waals surface area contributed by atoms with E-state index in [0.717, 1.165) is 6.20 Å². The Morgan fingerprint density at radius 1 is 1.71 bits per heavy atom. The number of rotatable bonds is 2. The molecule has 3 atom stereocenters. The first-order chi connectivity index (χ1) is 8.02. The van der Waals surface area contributed by atoms with Crippen molar-refractivity contribution in [1.29, 1.82) is 0 Å². The SMILES string of the molecule is C=C1NC(=S)C(F)=CN1C1OC(CO)CC1F. The molecule has 7 heteroatoms. The molecule has 0 aliphatic carbocycles. The van der Waals surface area contributed by atoms with E-state index in [1.807, 2.05) is 0 Å². The van der Waals surface area contributed by atoms with Crippen LogP contribution < -0.4 is 5.32 Å². The second kappa shape index (κ2) is 4.67. The van der Waals surface area contributed by atoms with Crippen LogP contribution in [0.1, 0.15) is 6.42 Å². The monoisotopic (exact) mass is 262 g/mol. The summed E-state index contributed by atoms with van der Waals surface area (Å²) in [6.45, 7) is 3.35. The van der Waals surface area contributed by atoms with Gasteiger partial charge in [-0.15, -0.1) is 0 Å². The van der Waals surface area contributed by atoms with E-state index in [2.05, 4.69) is 11.9 Å². The number of nitrogens with one attached hydrogen (secondary N) is 1. The zero-order chi connectivity index (χ0) is 12.6. The molecular weight excluding hydrogens is 250 g/mol. The second-order valence-corrected chi connectivity index (χ2v) is 4.28. The van der Waals surface area contributed by atoms with E-state index >= 15 is 0 Å². The lowest BCUT2D eigenvalue weighted by atomic mass is 10.2. The van der Waals surface area contributed by atoms with Gasteiger partial charge in [-0.2, -0.15) is 0 Å². The van der Waals surface area contributed by atoms with Crippen LogP contribution in [0.15, 0.2) is 24.4 Å². The van der Waals surface area contributed by atoms with Crippen molar-refractivity contribution in [3.05, 3.63) is 24.4 Å². The lowest BCUT2D eigenvalue weighted by Crippen LogP contribution is -2.44. The molecule has 0 aromatic carbocycles. The molecule has 2 aliphatic heterocycles. The van der Waals surface area contributed by atoms with E-state index in [4.69, 9.17) is 22.1 Å². The Kier molecular flexibility index (Phi) is 3.41. The smallest absolute Gasteiger partial charge is 0.174 e. The molecule has 2 heterocycles. The van der Waals surface area contributed by atoms with Crippen molar-refractivity contribution in [2.24, 2.45) is 0 Å². The average Bonchev–Trinajstić information content (AvgIpc) is 2.65. The van der Waals surface area contributed by atoms with Gasteiger partial charge < -0.3 is 20.1 Å². The van der Waals surface area contributed by atoms with Gasteiger partial charge in [0.25, 0.3) is 0 Å². The van der Waals surface area contributed by atoms with Gasteiger partial charge in [0.2, 0.25) is 0 Å². The highest BCUT2D eigenvalue weighted by molar-refractivity contribution is 7.80. The number of alkyl halides is 1. The molecule has 0 amide bonds. The molecule has 3 unspecified atom stereocenters. The summed E-state index contributed by atoms with van der Waals surface area (Å²) in [6, 6.07) is 0. The van der Waals surface area contributed by atoms with Gasteiger partial charge in [-0.1, -0.05) is 18.8 Å². The van der Waals surface area contributed by atoms with E-state index in [9.17, 15) is 8.78 Å². The summed E-state index contributed by atoms with van der Waals surface area (Å²) in [4.78, 5) is 1.13. The van der Waals surface area contributed by atoms with Crippen molar-refractivity contribution in [3.8, 4) is 0 Å². The fourth-order valence-corrected chi connectivity index (χ4v) is 1.97. The third-order valence-electron chi connectivity index (χ3n) is 2.65. The summed E-state index contributed by atoms with van der Waals surface area (Å²) in [5, 5.41) is 11.4. The van der Waals surface area contributed by atoms with Crippen LogP contribution in [0.3, 0.4) is 0 Å². The van der Waals surface area contributed by atoms with Crippen LogP contribution in [0.5, 0.6) is 0 Å². The minimum Gasteiger partial charge on any atom is -0.394 e. The van der Waals surface area contributed by atoms with Crippen molar-refractivity contribution in [1.82, 2.24) is 10.2 Å². The normalized spacial score (nSPS) is 33.7. The number of hydrogen-bond acceptors (Lipinski definition) is 4. The Bertz CT molecular complexity index is 389. The number of thiocarbonyl (C=S) groups is 1. The van der Waals surface area contributed by atoms with E-state index in [-0.39, 0.29) is 23.8 Å². The molecular formula is C10H12F2N2O2S. The zero-order valence-corrected chi connectivity index (χ0v) is 9.71. The van der Waals surface area contributed by atoms with Crippen molar-refractivity contribution in [3.63, 3.8) is 0 Å². The molecule has 2 aliphatic rings. The maximum Gasteiger partial charge on any atom is 0.174 e. The molecule has 17 heavy (non-hydrogen) atoms. The number of ether oxygens (including phenoxy) is 1. The van der Waals surface area contributed by atoms with E-state index in [1.165, 1.54) is 4.90 Å². The quantitative estimate of drug-likeness (QED) is 0.725. The Balaban J connectivity index is 2.17. The Labute approximate surface area is 103 Å². The summed E-state index contributed by atoms with van der Waals surface area (Å²) in [5.41, 5.74) is 0. The van der Waals surface area contributed by atoms with Gasteiger partial charge in [-0.05, 0) is 0 Å². The van der Waals surface area contributed by atoms with E-state index in [0.29, 0.717) is 0 Å². The molecule has 1 fully saturated rings. The molecule has 2 rings (SSSR count). The number of nitrogens with zero attached hydrogens (tertiary/aromatic N) is 1. The highest BCUT2D eigenvalue weighted by Crippen LogP contribution is 2.29. The van der Waals surface area contributed by atoms with Crippen LogP contribution >= 0.6 is 12.2 Å². The van der Waals surface area contributed by atoms with Crippen LogP contribution in [-0.4, -0.2) is 40.1 Å². The minimum absolute atomic E-state index is 0.0743. The predicted octanol–water partition coefficient (Wildman–Crippen LogP) is 0.947. The lowest BCUT2D eigenvalue weighted by Gasteiger charge is -2.33. The maximum absolute atomic E-state index is 13.7. The summed E-state index contributed by atoms with van der Waals surface area (Å²) in [6.07, 6.45) is -1.75. The van der Waals surface area contributed by atoms with Gasteiger partial charge >= 0.3 is 0 Å². The van der Waals surface area contributed by atoms with Gasteiger partial charge in [0, 0.05) is 12.6 Å². The lowest BCUT2D eigenvalue weighted by molar-refractivity contribution is -0.0569. The zero-order valence-electron chi connectivity index (χ0n) is 8.90. The van der Waals surface area contributed by atoms with Crippen molar-refractivity contribution >= 4 is 17.2 Å². The van der Waals surface area contributed by atoms with Crippen molar-refractivity contribution in [2.75, 3.05) is 6.61 Å². The van der Waals surface area contributed by atoms with Crippen molar-refractivity contribution < 1.29 is 18.6 Å². The van der Waals surface area contributed by atoms with Gasteiger partial charge in [-0.3, -0.25) is 0 Å².